The van der Waals surface area contributed by atoms with Gasteiger partial charge >= 0.3 is 12.0 Å². The first kappa shape index (κ1) is 28.5. The first-order valence-electron chi connectivity index (χ1n) is 12.2. The second kappa shape index (κ2) is 16.1. The van der Waals surface area contributed by atoms with Crippen LogP contribution in [0.15, 0.2) is 59.5 Å². The second-order valence-corrected chi connectivity index (χ2v) is 9.41. The summed E-state index contributed by atoms with van der Waals surface area (Å²) in [5, 5.41) is 12.3. The zero-order valence-electron chi connectivity index (χ0n) is 20.9. The summed E-state index contributed by atoms with van der Waals surface area (Å²) in [6.07, 6.45) is 1.20. The van der Waals surface area contributed by atoms with Crippen LogP contribution >= 0.6 is 11.8 Å². The van der Waals surface area contributed by atoms with E-state index in [0.717, 1.165) is 24.2 Å². The SMILES string of the molecule is CCOC(Cc1ccc(OCCN(CCCSc2ccccc2)C(=O)NC(C)CC)cc1)C(=O)O. The predicted molar refractivity (Wildman–Crippen MR) is 140 cm³/mol. The molecule has 0 bridgehead atoms. The van der Waals surface area contributed by atoms with E-state index < -0.39 is 12.1 Å². The zero-order valence-corrected chi connectivity index (χ0v) is 21.8. The molecule has 0 saturated carbocycles. The van der Waals surface area contributed by atoms with Crippen molar-refractivity contribution < 1.29 is 24.2 Å². The lowest BCUT2D eigenvalue weighted by atomic mass is 10.1. The van der Waals surface area contributed by atoms with Gasteiger partial charge in [0.05, 0.1) is 6.54 Å². The van der Waals surface area contributed by atoms with E-state index >= 15 is 0 Å². The van der Waals surface area contributed by atoms with Crippen LogP contribution in [-0.2, 0) is 16.0 Å². The van der Waals surface area contributed by atoms with Gasteiger partial charge in [0.2, 0.25) is 0 Å². The summed E-state index contributed by atoms with van der Waals surface area (Å²) in [7, 11) is 0. The molecule has 7 nitrogen and oxygen atoms in total. The number of ether oxygens (including phenoxy) is 2. The maximum atomic E-state index is 12.8. The summed E-state index contributed by atoms with van der Waals surface area (Å²) in [6.45, 7) is 7.68. The van der Waals surface area contributed by atoms with E-state index in [9.17, 15) is 14.7 Å². The largest absolute Gasteiger partial charge is 0.492 e. The van der Waals surface area contributed by atoms with Crippen molar-refractivity contribution in [3.8, 4) is 5.75 Å². The number of carboxylic acids is 1. The van der Waals surface area contributed by atoms with E-state index in [2.05, 4.69) is 17.4 Å². The molecule has 0 aromatic heterocycles. The summed E-state index contributed by atoms with van der Waals surface area (Å²) < 4.78 is 11.2. The molecule has 2 aromatic carbocycles. The van der Waals surface area contributed by atoms with Crippen LogP contribution < -0.4 is 10.1 Å². The van der Waals surface area contributed by atoms with E-state index in [1.807, 2.05) is 61.2 Å². The number of benzene rings is 2. The lowest BCUT2D eigenvalue weighted by Gasteiger charge is -2.25. The fourth-order valence-electron chi connectivity index (χ4n) is 3.31. The van der Waals surface area contributed by atoms with Gasteiger partial charge in [0.15, 0.2) is 6.10 Å². The number of nitrogens with zero attached hydrogens (tertiary/aromatic N) is 1. The molecule has 2 N–H and O–H groups in total. The van der Waals surface area contributed by atoms with Crippen LogP contribution in [0.4, 0.5) is 4.79 Å². The van der Waals surface area contributed by atoms with Gasteiger partial charge in [0, 0.05) is 30.5 Å². The van der Waals surface area contributed by atoms with Crippen molar-refractivity contribution in [2.24, 2.45) is 0 Å². The Balaban J connectivity index is 1.84. The number of carbonyl (C=O) groups is 2. The molecule has 0 radical (unpaired) electrons. The fourth-order valence-corrected chi connectivity index (χ4v) is 4.17. The van der Waals surface area contributed by atoms with E-state index in [0.29, 0.717) is 38.5 Å². The van der Waals surface area contributed by atoms with Crippen molar-refractivity contribution in [1.82, 2.24) is 10.2 Å². The van der Waals surface area contributed by atoms with Gasteiger partial charge in [-0.15, -0.1) is 11.8 Å². The van der Waals surface area contributed by atoms with Crippen LogP contribution in [0.3, 0.4) is 0 Å². The molecule has 0 heterocycles. The van der Waals surface area contributed by atoms with Crippen molar-refractivity contribution in [3.63, 3.8) is 0 Å². The Hall–Kier alpha value is -2.71. The first-order chi connectivity index (χ1) is 16.9. The van der Waals surface area contributed by atoms with Crippen molar-refractivity contribution in [3.05, 3.63) is 60.2 Å². The smallest absolute Gasteiger partial charge is 0.333 e. The van der Waals surface area contributed by atoms with Crippen LogP contribution in [0.2, 0.25) is 0 Å². The van der Waals surface area contributed by atoms with Crippen LogP contribution in [0.25, 0.3) is 0 Å². The average molecular weight is 503 g/mol. The molecule has 2 aromatic rings. The molecule has 2 amide bonds. The van der Waals surface area contributed by atoms with Gasteiger partial charge in [-0.1, -0.05) is 37.3 Å². The molecule has 192 valence electrons. The van der Waals surface area contributed by atoms with Gasteiger partial charge in [0.1, 0.15) is 12.4 Å². The summed E-state index contributed by atoms with van der Waals surface area (Å²) in [6, 6.07) is 17.6. The molecule has 0 saturated heterocycles. The number of nitrogens with one attached hydrogen (secondary N) is 1. The van der Waals surface area contributed by atoms with Gasteiger partial charge in [-0.2, -0.15) is 0 Å². The monoisotopic (exact) mass is 502 g/mol. The molecule has 35 heavy (non-hydrogen) atoms. The minimum atomic E-state index is -0.967. The van der Waals surface area contributed by atoms with E-state index in [-0.39, 0.29) is 12.1 Å². The average Bonchev–Trinajstić information content (AvgIpc) is 2.86. The molecule has 8 heteroatoms. The summed E-state index contributed by atoms with van der Waals surface area (Å²) in [5.74, 6) is 0.641. The number of thioether (sulfide) groups is 1. The van der Waals surface area contributed by atoms with E-state index in [1.165, 1.54) is 4.90 Å². The number of hydrogen-bond donors (Lipinski definition) is 2. The Labute approximate surface area is 213 Å². The van der Waals surface area contributed by atoms with Gasteiger partial charge in [-0.3, -0.25) is 0 Å². The van der Waals surface area contributed by atoms with Crippen molar-refractivity contribution >= 4 is 23.8 Å². The van der Waals surface area contributed by atoms with Crippen molar-refractivity contribution in [2.75, 3.05) is 32.1 Å². The number of hydrogen-bond acceptors (Lipinski definition) is 5. The molecular weight excluding hydrogens is 464 g/mol. The first-order valence-corrected chi connectivity index (χ1v) is 13.2. The Morgan fingerprint density at radius 2 is 1.77 bits per heavy atom. The van der Waals surface area contributed by atoms with Crippen molar-refractivity contribution in [2.45, 2.75) is 57.1 Å². The molecule has 2 atom stereocenters. The van der Waals surface area contributed by atoms with Gasteiger partial charge in [-0.05, 0) is 62.3 Å². The van der Waals surface area contributed by atoms with Crippen LogP contribution in [0.5, 0.6) is 5.75 Å². The standard InChI is InChI=1S/C27H38N2O5S/c1-4-21(3)28-27(32)29(16-9-19-35-24-10-7-6-8-11-24)17-18-34-23-14-12-22(13-15-23)20-25(26(30)31)33-5-2/h6-8,10-15,21,25H,4-5,9,16-20H2,1-3H3,(H,28,32)(H,30,31). The fraction of sp³-hybridized carbons (Fsp3) is 0.481. The van der Waals surface area contributed by atoms with Gasteiger partial charge < -0.3 is 24.8 Å². The summed E-state index contributed by atoms with van der Waals surface area (Å²) >= 11 is 1.79. The topological polar surface area (TPSA) is 88.1 Å². The normalized spacial score (nSPS) is 12.5. The number of carbonyl (C=O) groups excluding carboxylic acids is 1. The molecule has 0 aliphatic rings. The highest BCUT2D eigenvalue weighted by Crippen LogP contribution is 2.18. The van der Waals surface area contributed by atoms with Crippen molar-refractivity contribution in [1.29, 1.82) is 0 Å². The molecule has 0 spiro atoms. The maximum absolute atomic E-state index is 12.8. The number of carboxylic acid groups (broad SMARTS) is 1. The Morgan fingerprint density at radius 3 is 2.40 bits per heavy atom. The van der Waals surface area contributed by atoms with Gasteiger partial charge in [0.25, 0.3) is 0 Å². The quantitative estimate of drug-likeness (QED) is 0.246. The van der Waals surface area contributed by atoms with E-state index in [4.69, 9.17) is 9.47 Å². The highest BCUT2D eigenvalue weighted by Gasteiger charge is 2.18. The summed E-state index contributed by atoms with van der Waals surface area (Å²) in [4.78, 5) is 27.1. The van der Waals surface area contributed by atoms with Crippen LogP contribution in [0, 0.1) is 0 Å². The number of amides is 2. The number of aliphatic carboxylic acids is 1. The van der Waals surface area contributed by atoms with Gasteiger partial charge in [-0.25, -0.2) is 9.59 Å². The minimum Gasteiger partial charge on any atom is -0.492 e. The van der Waals surface area contributed by atoms with E-state index in [1.54, 1.807) is 18.7 Å². The molecule has 0 fully saturated rings. The van der Waals surface area contributed by atoms with Crippen LogP contribution in [-0.4, -0.2) is 66.2 Å². The Bertz CT molecular complexity index is 879. The zero-order chi connectivity index (χ0) is 25.5. The Kier molecular flexibility index (Phi) is 13.1. The molecule has 0 aliphatic carbocycles. The highest BCUT2D eigenvalue weighted by atomic mass is 32.2. The number of rotatable bonds is 16. The summed E-state index contributed by atoms with van der Waals surface area (Å²) in [5.41, 5.74) is 0.865. The highest BCUT2D eigenvalue weighted by molar-refractivity contribution is 7.99. The molecule has 2 rings (SSSR count). The predicted octanol–water partition coefficient (Wildman–Crippen LogP) is 5.09. The lowest BCUT2D eigenvalue weighted by Crippen LogP contribution is -2.45. The minimum absolute atomic E-state index is 0.0707. The third kappa shape index (κ3) is 11.0. The second-order valence-electron chi connectivity index (χ2n) is 8.24. The molecule has 2 unspecified atom stereocenters. The third-order valence-electron chi connectivity index (χ3n) is 5.47. The molecular formula is C27H38N2O5S. The Morgan fingerprint density at radius 1 is 1.06 bits per heavy atom. The number of urea groups is 1. The van der Waals surface area contributed by atoms with Crippen LogP contribution in [0.1, 0.15) is 39.2 Å². The lowest BCUT2D eigenvalue weighted by molar-refractivity contribution is -0.149. The maximum Gasteiger partial charge on any atom is 0.333 e. The third-order valence-corrected chi connectivity index (χ3v) is 6.57. The molecule has 0 aliphatic heterocycles.